The van der Waals surface area contributed by atoms with Gasteiger partial charge in [-0.1, -0.05) is 12.8 Å². The first kappa shape index (κ1) is 6.52. The largest absolute Gasteiger partial charge is 0.396 e. The van der Waals surface area contributed by atoms with E-state index in [-0.39, 0.29) is 12.5 Å². The van der Waals surface area contributed by atoms with E-state index in [1.807, 2.05) is 6.92 Å². The Bertz CT molecular complexity index is 70.7. The molecule has 1 radical (unpaired) electrons. The average Bonchev–Trinajstić information content (AvgIpc) is 1.68. The summed E-state index contributed by atoms with van der Waals surface area (Å²) >= 11 is 0. The van der Waals surface area contributed by atoms with Crippen molar-refractivity contribution in [3.8, 4) is 5.92 Å². The van der Waals surface area contributed by atoms with Crippen LogP contribution < -0.4 is 0 Å². The van der Waals surface area contributed by atoms with Crippen molar-refractivity contribution < 1.29 is 5.11 Å². The Morgan fingerprint density at radius 3 is 2.57 bits per heavy atom. The van der Waals surface area contributed by atoms with Crippen molar-refractivity contribution in [3.05, 3.63) is 6.42 Å². The van der Waals surface area contributed by atoms with E-state index in [1.54, 1.807) is 0 Å². The highest BCUT2D eigenvalue weighted by Gasteiger charge is 1.92. The summed E-state index contributed by atoms with van der Waals surface area (Å²) in [6.45, 7) is 2.04. The highest BCUT2D eigenvalue weighted by atomic mass is 16.3. The Morgan fingerprint density at radius 2 is 2.43 bits per heavy atom. The van der Waals surface area contributed by atoms with Crippen LogP contribution in [-0.2, 0) is 0 Å². The van der Waals surface area contributed by atoms with Crippen LogP contribution in [0.25, 0.3) is 0 Å². The first-order valence-electron chi connectivity index (χ1n) is 2.31. The third-order valence-corrected chi connectivity index (χ3v) is 0.762. The van der Waals surface area contributed by atoms with Gasteiger partial charge in [-0.25, -0.2) is 0 Å². The Hall–Kier alpha value is -0.480. The van der Waals surface area contributed by atoms with E-state index in [9.17, 15) is 0 Å². The van der Waals surface area contributed by atoms with Gasteiger partial charge < -0.3 is 5.11 Å². The van der Waals surface area contributed by atoms with Crippen LogP contribution in [0.15, 0.2) is 0 Å². The summed E-state index contributed by atoms with van der Waals surface area (Å²) in [5, 5.41) is 8.34. The number of hydrogen-bond donors (Lipinski definition) is 1. The molecule has 0 aliphatic carbocycles. The van der Waals surface area contributed by atoms with Gasteiger partial charge in [0, 0.05) is 13.0 Å². The van der Waals surface area contributed by atoms with Crippen LogP contribution in [0.1, 0.15) is 13.3 Å². The van der Waals surface area contributed by atoms with Crippen molar-refractivity contribution in [2.24, 2.45) is 5.92 Å². The van der Waals surface area contributed by atoms with Crippen LogP contribution in [0, 0.1) is 18.3 Å². The standard InChI is InChI=1S/C6H9O/c1-3-4-6(2)5-7/h6-7H,4-5H2,2H3. The summed E-state index contributed by atoms with van der Waals surface area (Å²) in [5.74, 6) is 2.41. The van der Waals surface area contributed by atoms with E-state index in [0.29, 0.717) is 6.42 Å². The number of aliphatic hydroxyl groups is 1. The van der Waals surface area contributed by atoms with Crippen molar-refractivity contribution in [1.29, 1.82) is 0 Å². The molecule has 39 valence electrons. The molecule has 0 aromatic heterocycles. The predicted molar refractivity (Wildman–Crippen MR) is 28.0 cm³/mol. The minimum atomic E-state index is 0.159. The van der Waals surface area contributed by atoms with Crippen LogP contribution in [0.4, 0.5) is 0 Å². The minimum Gasteiger partial charge on any atom is -0.396 e. The molecule has 7 heavy (non-hydrogen) atoms. The number of hydrogen-bond acceptors (Lipinski definition) is 1. The van der Waals surface area contributed by atoms with Crippen molar-refractivity contribution in [2.45, 2.75) is 13.3 Å². The van der Waals surface area contributed by atoms with Gasteiger partial charge in [-0.05, 0) is 12.3 Å². The molecule has 0 aromatic carbocycles. The van der Waals surface area contributed by atoms with Crippen molar-refractivity contribution in [1.82, 2.24) is 0 Å². The topological polar surface area (TPSA) is 20.2 Å². The molecular weight excluding hydrogens is 88.1 g/mol. The predicted octanol–water partition coefficient (Wildman–Crippen LogP) is 0.595. The highest BCUT2D eigenvalue weighted by molar-refractivity contribution is 4.77. The molecule has 0 spiro atoms. The summed E-state index contributed by atoms with van der Waals surface area (Å²) in [7, 11) is 0. The molecule has 1 heteroatoms. The lowest BCUT2D eigenvalue weighted by Gasteiger charge is -1.97. The molecule has 0 saturated carbocycles. The third-order valence-electron chi connectivity index (χ3n) is 0.762. The van der Waals surface area contributed by atoms with Gasteiger partial charge in [0.1, 0.15) is 0 Å². The van der Waals surface area contributed by atoms with Gasteiger partial charge in [0.2, 0.25) is 0 Å². The lowest BCUT2D eigenvalue weighted by atomic mass is 10.1. The summed E-state index contributed by atoms with van der Waals surface area (Å²) in [6.07, 6.45) is 7.04. The van der Waals surface area contributed by atoms with Gasteiger partial charge in [-0.15, -0.1) is 0 Å². The maximum Gasteiger partial charge on any atom is 0.0465 e. The van der Waals surface area contributed by atoms with Crippen molar-refractivity contribution in [3.63, 3.8) is 0 Å². The zero-order chi connectivity index (χ0) is 5.70. The first-order valence-corrected chi connectivity index (χ1v) is 2.31. The van der Waals surface area contributed by atoms with Gasteiger partial charge in [0.05, 0.1) is 0 Å². The fourth-order valence-electron chi connectivity index (χ4n) is 0.239. The number of rotatable bonds is 2. The van der Waals surface area contributed by atoms with Gasteiger partial charge in [0.15, 0.2) is 0 Å². The molecule has 0 amide bonds. The Balaban J connectivity index is 3.03. The molecule has 0 rings (SSSR count). The average molecular weight is 97.1 g/mol. The fourth-order valence-corrected chi connectivity index (χ4v) is 0.239. The maximum absolute atomic E-state index is 8.34. The molecule has 0 bridgehead atoms. The zero-order valence-electron chi connectivity index (χ0n) is 4.44. The summed E-state index contributed by atoms with van der Waals surface area (Å²) < 4.78 is 0. The zero-order valence-corrected chi connectivity index (χ0v) is 4.44. The van der Waals surface area contributed by atoms with Gasteiger partial charge in [-0.3, -0.25) is 0 Å². The summed E-state index contributed by atoms with van der Waals surface area (Å²) in [6, 6.07) is 0. The summed E-state index contributed by atoms with van der Waals surface area (Å²) in [5.41, 5.74) is 0. The lowest BCUT2D eigenvalue weighted by molar-refractivity contribution is 0.240. The van der Waals surface area contributed by atoms with E-state index in [1.165, 1.54) is 0 Å². The normalized spacial score (nSPS) is 12.7. The molecule has 0 fully saturated rings. The Labute approximate surface area is 44.4 Å². The van der Waals surface area contributed by atoms with E-state index in [4.69, 9.17) is 11.5 Å². The molecule has 1 N–H and O–H groups in total. The van der Waals surface area contributed by atoms with Crippen molar-refractivity contribution >= 4 is 0 Å². The first-order chi connectivity index (χ1) is 3.31. The molecule has 0 aliphatic rings. The molecule has 0 saturated heterocycles. The molecule has 0 heterocycles. The van der Waals surface area contributed by atoms with Crippen LogP contribution in [0.5, 0.6) is 0 Å². The second-order valence-corrected chi connectivity index (χ2v) is 1.67. The van der Waals surface area contributed by atoms with E-state index in [2.05, 4.69) is 5.92 Å². The highest BCUT2D eigenvalue weighted by Crippen LogP contribution is 1.95. The third kappa shape index (κ3) is 3.35. The van der Waals surface area contributed by atoms with Crippen LogP contribution in [0.3, 0.4) is 0 Å². The van der Waals surface area contributed by atoms with E-state index < -0.39 is 0 Å². The van der Waals surface area contributed by atoms with Crippen LogP contribution >= 0.6 is 0 Å². The maximum atomic E-state index is 8.34. The van der Waals surface area contributed by atoms with Gasteiger partial charge in [0.25, 0.3) is 0 Å². The monoisotopic (exact) mass is 97.1 g/mol. The smallest absolute Gasteiger partial charge is 0.0465 e. The van der Waals surface area contributed by atoms with Gasteiger partial charge in [-0.2, -0.15) is 0 Å². The quantitative estimate of drug-likeness (QED) is 0.500. The molecule has 0 aromatic rings. The molecule has 1 unspecified atom stereocenters. The van der Waals surface area contributed by atoms with E-state index in [0.717, 1.165) is 0 Å². The molecule has 1 nitrogen and oxygen atoms in total. The van der Waals surface area contributed by atoms with Gasteiger partial charge >= 0.3 is 0 Å². The molecule has 0 aliphatic heterocycles. The summed E-state index contributed by atoms with van der Waals surface area (Å²) in [4.78, 5) is 0. The molecular formula is C6H9O. The second-order valence-electron chi connectivity index (χ2n) is 1.67. The van der Waals surface area contributed by atoms with Crippen LogP contribution in [0.2, 0.25) is 0 Å². The Kier molecular flexibility index (Phi) is 3.45. The van der Waals surface area contributed by atoms with E-state index >= 15 is 0 Å². The minimum absolute atomic E-state index is 0.159. The number of aliphatic hydroxyl groups excluding tert-OH is 1. The van der Waals surface area contributed by atoms with Crippen molar-refractivity contribution in [2.75, 3.05) is 6.61 Å². The SMILES string of the molecule is [C]#CCC(C)CO. The lowest BCUT2D eigenvalue weighted by Crippen LogP contribution is -1.97. The van der Waals surface area contributed by atoms with Crippen LogP contribution in [-0.4, -0.2) is 11.7 Å². The second kappa shape index (κ2) is 3.70. The molecule has 1 atom stereocenters. The fraction of sp³-hybridized carbons (Fsp3) is 0.667. The Morgan fingerprint density at radius 1 is 1.86 bits per heavy atom.